The highest BCUT2D eigenvalue weighted by atomic mass is 16.3. The van der Waals surface area contributed by atoms with Crippen LogP contribution in [0.4, 0.5) is 0 Å². The van der Waals surface area contributed by atoms with Gasteiger partial charge in [-0.3, -0.25) is 9.59 Å². The van der Waals surface area contributed by atoms with Gasteiger partial charge < -0.3 is 15.1 Å². The van der Waals surface area contributed by atoms with E-state index in [1.807, 2.05) is 0 Å². The second-order valence-corrected chi connectivity index (χ2v) is 4.98. The number of rotatable bonds is 4. The van der Waals surface area contributed by atoms with Crippen molar-refractivity contribution in [3.05, 3.63) is 44.5 Å². The van der Waals surface area contributed by atoms with Crippen molar-refractivity contribution in [3.8, 4) is 0 Å². The van der Waals surface area contributed by atoms with E-state index in [1.54, 1.807) is 18.2 Å². The van der Waals surface area contributed by atoms with Crippen LogP contribution in [-0.4, -0.2) is 15.1 Å². The van der Waals surface area contributed by atoms with Crippen LogP contribution in [0.1, 0.15) is 38.4 Å². The van der Waals surface area contributed by atoms with E-state index in [1.165, 1.54) is 0 Å². The molecule has 0 bridgehead atoms. The molecule has 0 amide bonds. The molecule has 0 spiro atoms. The maximum absolute atomic E-state index is 11.3. The van der Waals surface area contributed by atoms with E-state index in [4.69, 9.17) is 0 Å². The fourth-order valence-corrected chi connectivity index (χ4v) is 2.02. The summed E-state index contributed by atoms with van der Waals surface area (Å²) in [5.74, 6) is 0.431. The van der Waals surface area contributed by atoms with Crippen LogP contribution in [0.15, 0.2) is 27.8 Å². The molecule has 2 unspecified atom stereocenters. The Bertz CT molecular complexity index is 687. The highest BCUT2D eigenvalue weighted by Crippen LogP contribution is 2.24. The summed E-state index contributed by atoms with van der Waals surface area (Å²) < 4.78 is 0. The lowest BCUT2D eigenvalue weighted by Crippen LogP contribution is -2.28. The van der Waals surface area contributed by atoms with Crippen LogP contribution in [0.25, 0.3) is 11.0 Å². The van der Waals surface area contributed by atoms with Crippen LogP contribution in [0, 0.1) is 5.92 Å². The lowest BCUT2D eigenvalue weighted by Gasteiger charge is -2.15. The minimum atomic E-state index is -0.680. The van der Waals surface area contributed by atoms with Crippen LogP contribution in [0.3, 0.4) is 0 Å². The number of hydrogen-bond donors (Lipinski definition) is 3. The van der Waals surface area contributed by atoms with Crippen LogP contribution in [0.5, 0.6) is 0 Å². The average Bonchev–Trinajstić information content (AvgIpc) is 2.39. The monoisotopic (exact) mass is 262 g/mol. The Morgan fingerprint density at radius 3 is 2.42 bits per heavy atom. The summed E-state index contributed by atoms with van der Waals surface area (Å²) in [5, 5.41) is 10.1. The summed E-state index contributed by atoms with van der Waals surface area (Å²) in [5.41, 5.74) is 0.492. The molecular formula is C14H18N2O3. The van der Waals surface area contributed by atoms with Crippen molar-refractivity contribution < 1.29 is 5.11 Å². The molecule has 2 atom stereocenters. The van der Waals surface area contributed by atoms with Gasteiger partial charge in [0.15, 0.2) is 0 Å². The third-order valence-corrected chi connectivity index (χ3v) is 3.45. The maximum atomic E-state index is 11.3. The molecule has 3 N–H and O–H groups in total. The van der Waals surface area contributed by atoms with Crippen molar-refractivity contribution in [1.29, 1.82) is 0 Å². The number of aromatic nitrogens is 2. The van der Waals surface area contributed by atoms with Gasteiger partial charge in [-0.05, 0) is 30.0 Å². The van der Waals surface area contributed by atoms with E-state index in [-0.39, 0.29) is 0 Å². The highest BCUT2D eigenvalue weighted by Gasteiger charge is 2.12. The van der Waals surface area contributed by atoms with E-state index in [2.05, 4.69) is 23.8 Å². The third-order valence-electron chi connectivity index (χ3n) is 3.45. The van der Waals surface area contributed by atoms with Crippen LogP contribution in [-0.2, 0) is 0 Å². The van der Waals surface area contributed by atoms with Gasteiger partial charge in [-0.15, -0.1) is 0 Å². The molecule has 1 heterocycles. The number of hydrogen-bond acceptors (Lipinski definition) is 3. The fourth-order valence-electron chi connectivity index (χ4n) is 2.02. The maximum Gasteiger partial charge on any atom is 0.314 e. The molecule has 5 nitrogen and oxygen atoms in total. The Balaban J connectivity index is 2.38. The van der Waals surface area contributed by atoms with Gasteiger partial charge in [0.1, 0.15) is 0 Å². The molecule has 0 radical (unpaired) electrons. The standard InChI is InChI=1S/C14H18N2O3/c1-3-8(2)6-12(17)9-4-5-10-11(7-9)16-14(19)13(18)15-10/h4-5,7-8,12,17H,3,6H2,1-2H3,(H,15,18)(H,16,19). The Morgan fingerprint density at radius 2 is 1.79 bits per heavy atom. The summed E-state index contributed by atoms with van der Waals surface area (Å²) in [4.78, 5) is 27.5. The molecule has 0 aliphatic heterocycles. The van der Waals surface area contributed by atoms with Gasteiger partial charge in [0.25, 0.3) is 0 Å². The zero-order chi connectivity index (χ0) is 14.0. The van der Waals surface area contributed by atoms with E-state index >= 15 is 0 Å². The average molecular weight is 262 g/mol. The van der Waals surface area contributed by atoms with E-state index in [0.29, 0.717) is 23.4 Å². The minimum absolute atomic E-state index is 0.431. The van der Waals surface area contributed by atoms with Crippen molar-refractivity contribution in [2.45, 2.75) is 32.8 Å². The highest BCUT2D eigenvalue weighted by molar-refractivity contribution is 5.74. The molecule has 5 heteroatoms. The topological polar surface area (TPSA) is 85.9 Å². The second-order valence-electron chi connectivity index (χ2n) is 4.98. The molecule has 2 rings (SSSR count). The van der Waals surface area contributed by atoms with E-state index in [9.17, 15) is 14.7 Å². The molecule has 2 aromatic rings. The molecular weight excluding hydrogens is 244 g/mol. The molecule has 1 aromatic heterocycles. The van der Waals surface area contributed by atoms with E-state index < -0.39 is 17.2 Å². The van der Waals surface area contributed by atoms with Crippen molar-refractivity contribution in [3.63, 3.8) is 0 Å². The molecule has 0 aliphatic carbocycles. The number of fused-ring (bicyclic) bond motifs is 1. The SMILES string of the molecule is CCC(C)CC(O)c1ccc2[nH]c(=O)c(=O)[nH]c2c1. The number of nitrogens with one attached hydrogen (secondary N) is 2. The molecule has 19 heavy (non-hydrogen) atoms. The summed E-state index contributed by atoms with van der Waals surface area (Å²) in [6.07, 6.45) is 1.12. The summed E-state index contributed by atoms with van der Waals surface area (Å²) in [6.45, 7) is 4.17. The predicted molar refractivity (Wildman–Crippen MR) is 74.2 cm³/mol. The first kappa shape index (κ1) is 13.5. The first-order chi connectivity index (χ1) is 9.01. The van der Waals surface area contributed by atoms with Gasteiger partial charge in [0.2, 0.25) is 0 Å². The fraction of sp³-hybridized carbons (Fsp3) is 0.429. The van der Waals surface area contributed by atoms with Gasteiger partial charge in [0, 0.05) is 0 Å². The van der Waals surface area contributed by atoms with Gasteiger partial charge in [0.05, 0.1) is 17.1 Å². The Labute approximate surface area is 110 Å². The van der Waals surface area contributed by atoms with Crippen LogP contribution in [0.2, 0.25) is 0 Å². The number of benzene rings is 1. The van der Waals surface area contributed by atoms with Crippen LogP contribution >= 0.6 is 0 Å². The summed E-state index contributed by atoms with van der Waals surface area (Å²) in [7, 11) is 0. The second kappa shape index (κ2) is 5.40. The van der Waals surface area contributed by atoms with Gasteiger partial charge in [-0.1, -0.05) is 26.3 Å². The minimum Gasteiger partial charge on any atom is -0.388 e. The number of aromatic amines is 2. The molecule has 1 aromatic carbocycles. The quantitative estimate of drug-likeness (QED) is 0.733. The Hall–Kier alpha value is -1.88. The lowest BCUT2D eigenvalue weighted by molar-refractivity contribution is 0.146. The van der Waals surface area contributed by atoms with Gasteiger partial charge in [-0.2, -0.15) is 0 Å². The lowest BCUT2D eigenvalue weighted by atomic mass is 9.96. The van der Waals surface area contributed by atoms with Crippen molar-refractivity contribution in [2.24, 2.45) is 5.92 Å². The predicted octanol–water partition coefficient (Wildman–Crippen LogP) is 1.69. The first-order valence-electron chi connectivity index (χ1n) is 6.45. The zero-order valence-electron chi connectivity index (χ0n) is 11.1. The van der Waals surface area contributed by atoms with Crippen molar-refractivity contribution in [2.75, 3.05) is 0 Å². The normalized spacial score (nSPS) is 14.5. The molecule has 0 aliphatic rings. The summed E-state index contributed by atoms with van der Waals surface area (Å²) >= 11 is 0. The van der Waals surface area contributed by atoms with Crippen molar-refractivity contribution in [1.82, 2.24) is 9.97 Å². The third kappa shape index (κ3) is 2.93. The van der Waals surface area contributed by atoms with Gasteiger partial charge in [-0.25, -0.2) is 0 Å². The largest absolute Gasteiger partial charge is 0.388 e. The molecule has 0 saturated carbocycles. The number of H-pyrrole nitrogens is 2. The molecule has 0 saturated heterocycles. The van der Waals surface area contributed by atoms with Gasteiger partial charge >= 0.3 is 11.1 Å². The number of aliphatic hydroxyl groups is 1. The molecule has 102 valence electrons. The Kier molecular flexibility index (Phi) is 3.85. The zero-order valence-corrected chi connectivity index (χ0v) is 11.1. The van der Waals surface area contributed by atoms with E-state index in [0.717, 1.165) is 12.0 Å². The van der Waals surface area contributed by atoms with Crippen molar-refractivity contribution >= 4 is 11.0 Å². The van der Waals surface area contributed by atoms with Crippen LogP contribution < -0.4 is 11.1 Å². The first-order valence-corrected chi connectivity index (χ1v) is 6.45. The summed E-state index contributed by atoms with van der Waals surface area (Å²) in [6, 6.07) is 5.17. The number of aliphatic hydroxyl groups excluding tert-OH is 1. The smallest absolute Gasteiger partial charge is 0.314 e. The molecule has 0 fully saturated rings. The Morgan fingerprint density at radius 1 is 1.16 bits per heavy atom.